The highest BCUT2D eigenvalue weighted by Gasteiger charge is 2.17. The normalized spacial score (nSPS) is 11.1. The number of anilines is 1. The zero-order valence-corrected chi connectivity index (χ0v) is 14.7. The van der Waals surface area contributed by atoms with Crippen molar-refractivity contribution in [3.05, 3.63) is 59.1 Å². The number of nitrogens with one attached hydrogen (secondary N) is 1. The molecular formula is C17H18ClNO4S. The van der Waals surface area contributed by atoms with E-state index in [9.17, 15) is 13.2 Å². The van der Waals surface area contributed by atoms with Crippen LogP contribution in [0.3, 0.4) is 0 Å². The van der Waals surface area contributed by atoms with Gasteiger partial charge in [-0.15, -0.1) is 0 Å². The van der Waals surface area contributed by atoms with Crippen LogP contribution in [-0.2, 0) is 20.4 Å². The molecule has 0 saturated carbocycles. The largest absolute Gasteiger partial charge is 0.494 e. The number of ether oxygens (including phenoxy) is 1. The fraction of sp³-hybridized carbons (Fsp3) is 0.235. The summed E-state index contributed by atoms with van der Waals surface area (Å²) in [4.78, 5) is 11.9. The molecule has 0 spiro atoms. The van der Waals surface area contributed by atoms with Gasteiger partial charge < -0.3 is 10.1 Å². The van der Waals surface area contributed by atoms with E-state index in [1.54, 1.807) is 48.5 Å². The van der Waals surface area contributed by atoms with Gasteiger partial charge in [-0.1, -0.05) is 23.7 Å². The molecule has 7 heteroatoms. The third-order valence-electron chi connectivity index (χ3n) is 3.10. The van der Waals surface area contributed by atoms with Gasteiger partial charge in [-0.25, -0.2) is 8.42 Å². The second kappa shape index (κ2) is 8.17. The van der Waals surface area contributed by atoms with Crippen molar-refractivity contribution in [2.75, 3.05) is 17.7 Å². The Bertz CT molecular complexity index is 786. The lowest BCUT2D eigenvalue weighted by Crippen LogP contribution is -2.23. The molecule has 0 radical (unpaired) electrons. The van der Waals surface area contributed by atoms with E-state index in [-0.39, 0.29) is 5.75 Å². The van der Waals surface area contributed by atoms with Crippen LogP contribution in [0.5, 0.6) is 5.75 Å². The zero-order valence-electron chi connectivity index (χ0n) is 13.2. The minimum absolute atomic E-state index is 0.207. The molecule has 2 aromatic rings. The highest BCUT2D eigenvalue weighted by atomic mass is 35.5. The van der Waals surface area contributed by atoms with Gasteiger partial charge in [-0.2, -0.15) is 0 Å². The highest BCUT2D eigenvalue weighted by molar-refractivity contribution is 7.91. The number of benzene rings is 2. The predicted molar refractivity (Wildman–Crippen MR) is 95.2 cm³/mol. The molecule has 0 unspecified atom stereocenters. The molecule has 0 bridgehead atoms. The number of halogens is 1. The molecule has 0 fully saturated rings. The van der Waals surface area contributed by atoms with E-state index in [1.165, 1.54) is 0 Å². The van der Waals surface area contributed by atoms with Crippen LogP contribution in [0.1, 0.15) is 12.5 Å². The van der Waals surface area contributed by atoms with Gasteiger partial charge in [0.15, 0.2) is 9.84 Å². The molecule has 2 aromatic carbocycles. The average molecular weight is 368 g/mol. The maximum Gasteiger partial charge on any atom is 0.239 e. The van der Waals surface area contributed by atoms with Crippen LogP contribution < -0.4 is 10.1 Å². The van der Waals surface area contributed by atoms with Crippen molar-refractivity contribution in [1.82, 2.24) is 0 Å². The van der Waals surface area contributed by atoms with Gasteiger partial charge in [-0.3, -0.25) is 4.79 Å². The lowest BCUT2D eigenvalue weighted by Gasteiger charge is -2.08. The van der Waals surface area contributed by atoms with E-state index in [0.717, 1.165) is 0 Å². The van der Waals surface area contributed by atoms with Crippen LogP contribution in [0.4, 0.5) is 5.69 Å². The first-order chi connectivity index (χ1) is 11.4. The van der Waals surface area contributed by atoms with Gasteiger partial charge in [0.05, 0.1) is 12.4 Å². The van der Waals surface area contributed by atoms with Crippen LogP contribution in [0, 0.1) is 0 Å². The molecule has 5 nitrogen and oxygen atoms in total. The average Bonchev–Trinajstić information content (AvgIpc) is 2.51. The number of sulfone groups is 1. The smallest absolute Gasteiger partial charge is 0.239 e. The van der Waals surface area contributed by atoms with Gasteiger partial charge in [-0.05, 0) is 48.9 Å². The molecular weight excluding hydrogens is 350 g/mol. The number of carbonyl (C=O) groups excluding carboxylic acids is 1. The summed E-state index contributed by atoms with van der Waals surface area (Å²) in [6.07, 6.45) is 0. The van der Waals surface area contributed by atoms with Gasteiger partial charge in [0.2, 0.25) is 5.91 Å². The van der Waals surface area contributed by atoms with E-state index in [0.29, 0.717) is 28.6 Å². The molecule has 2 rings (SSSR count). The van der Waals surface area contributed by atoms with Crippen LogP contribution in [0.2, 0.25) is 5.02 Å². The molecule has 24 heavy (non-hydrogen) atoms. The maximum absolute atomic E-state index is 12.1. The fourth-order valence-electron chi connectivity index (χ4n) is 2.08. The second-order valence-electron chi connectivity index (χ2n) is 5.16. The third-order valence-corrected chi connectivity index (χ3v) is 4.83. The van der Waals surface area contributed by atoms with Crippen molar-refractivity contribution in [1.29, 1.82) is 0 Å². The Morgan fingerprint density at radius 3 is 2.29 bits per heavy atom. The first-order valence-corrected chi connectivity index (χ1v) is 9.55. The summed E-state index contributed by atoms with van der Waals surface area (Å²) >= 11 is 5.77. The summed E-state index contributed by atoms with van der Waals surface area (Å²) in [6.45, 7) is 2.43. The van der Waals surface area contributed by atoms with Crippen molar-refractivity contribution in [3.63, 3.8) is 0 Å². The SMILES string of the molecule is CCOc1ccc(NC(=O)CS(=O)(=O)Cc2ccc(Cl)cc2)cc1. The standard InChI is InChI=1S/C17H18ClNO4S/c1-2-23-16-9-7-15(8-10-16)19-17(20)12-24(21,22)11-13-3-5-14(18)6-4-13/h3-10H,2,11-12H2,1H3,(H,19,20). The first kappa shape index (κ1) is 18.3. The number of hydrogen-bond donors (Lipinski definition) is 1. The summed E-state index contributed by atoms with van der Waals surface area (Å²) < 4.78 is 29.5. The third kappa shape index (κ3) is 5.86. The van der Waals surface area contributed by atoms with Crippen LogP contribution in [0.15, 0.2) is 48.5 Å². The van der Waals surface area contributed by atoms with Crippen LogP contribution >= 0.6 is 11.6 Å². The molecule has 0 heterocycles. The minimum Gasteiger partial charge on any atom is -0.494 e. The number of amides is 1. The lowest BCUT2D eigenvalue weighted by molar-refractivity contribution is -0.113. The number of rotatable bonds is 7. The summed E-state index contributed by atoms with van der Waals surface area (Å²) in [6, 6.07) is 13.2. The summed E-state index contributed by atoms with van der Waals surface area (Å²) in [7, 11) is -3.56. The van der Waals surface area contributed by atoms with E-state index >= 15 is 0 Å². The number of hydrogen-bond acceptors (Lipinski definition) is 4. The molecule has 1 N–H and O–H groups in total. The highest BCUT2D eigenvalue weighted by Crippen LogP contribution is 2.16. The van der Waals surface area contributed by atoms with Crippen LogP contribution in [-0.4, -0.2) is 26.7 Å². The Balaban J connectivity index is 1.93. The Hall–Kier alpha value is -2.05. The molecule has 0 aliphatic rings. The van der Waals surface area contributed by atoms with Crippen molar-refractivity contribution in [2.45, 2.75) is 12.7 Å². The Labute approximate surface area is 146 Å². The molecule has 0 aliphatic carbocycles. The van der Waals surface area contributed by atoms with Crippen molar-refractivity contribution in [2.24, 2.45) is 0 Å². The van der Waals surface area contributed by atoms with Crippen molar-refractivity contribution in [3.8, 4) is 5.75 Å². The first-order valence-electron chi connectivity index (χ1n) is 7.35. The zero-order chi connectivity index (χ0) is 17.6. The quantitative estimate of drug-likeness (QED) is 0.815. The molecule has 1 amide bonds. The maximum atomic E-state index is 12.1. The molecule has 0 atom stereocenters. The number of carbonyl (C=O) groups is 1. The van der Waals surface area contributed by atoms with E-state index in [1.807, 2.05) is 6.92 Å². The topological polar surface area (TPSA) is 72.5 Å². The van der Waals surface area contributed by atoms with Crippen molar-refractivity contribution < 1.29 is 17.9 Å². The Morgan fingerprint density at radius 1 is 1.08 bits per heavy atom. The summed E-state index contributed by atoms with van der Waals surface area (Å²) in [5.41, 5.74) is 1.11. The van der Waals surface area contributed by atoms with Crippen molar-refractivity contribution >= 4 is 33.0 Å². The van der Waals surface area contributed by atoms with E-state index in [2.05, 4.69) is 5.32 Å². The lowest BCUT2D eigenvalue weighted by atomic mass is 10.2. The monoisotopic (exact) mass is 367 g/mol. The van der Waals surface area contributed by atoms with E-state index < -0.39 is 21.5 Å². The Morgan fingerprint density at radius 2 is 1.71 bits per heavy atom. The van der Waals surface area contributed by atoms with Gasteiger partial charge in [0.25, 0.3) is 0 Å². The summed E-state index contributed by atoms with van der Waals surface area (Å²) in [5, 5.41) is 3.10. The Kier molecular flexibility index (Phi) is 6.23. The minimum atomic E-state index is -3.56. The van der Waals surface area contributed by atoms with Crippen LogP contribution in [0.25, 0.3) is 0 Å². The van der Waals surface area contributed by atoms with Gasteiger partial charge >= 0.3 is 0 Å². The molecule has 0 aliphatic heterocycles. The summed E-state index contributed by atoms with van der Waals surface area (Å²) in [5.74, 6) is -0.678. The van der Waals surface area contributed by atoms with Gasteiger partial charge in [0.1, 0.15) is 11.5 Å². The molecule has 0 aromatic heterocycles. The fourth-order valence-corrected chi connectivity index (χ4v) is 3.48. The predicted octanol–water partition coefficient (Wildman–Crippen LogP) is 3.29. The molecule has 0 saturated heterocycles. The molecule has 128 valence electrons. The van der Waals surface area contributed by atoms with E-state index in [4.69, 9.17) is 16.3 Å². The van der Waals surface area contributed by atoms with Gasteiger partial charge in [0, 0.05) is 10.7 Å². The second-order valence-corrected chi connectivity index (χ2v) is 7.67.